The zero-order valence-electron chi connectivity index (χ0n) is 14.6. The molecule has 0 atom stereocenters. The molecule has 1 aromatic carbocycles. The molecule has 140 valence electrons. The molecular weight excluding hydrogens is 345 g/mol. The third kappa shape index (κ3) is 6.03. The summed E-state index contributed by atoms with van der Waals surface area (Å²) in [5.41, 5.74) is -0.414. The number of halogens is 3. The number of rotatable bonds is 7. The van der Waals surface area contributed by atoms with Gasteiger partial charge in [0.05, 0.1) is 5.56 Å². The number of alkyl halides is 3. The van der Waals surface area contributed by atoms with E-state index in [0.717, 1.165) is 25.1 Å². The topological polar surface area (TPSA) is 57.3 Å². The van der Waals surface area contributed by atoms with Gasteiger partial charge in [0.2, 0.25) is 0 Å². The number of anilines is 2. The Hall–Kier alpha value is -2.61. The highest BCUT2D eigenvalue weighted by Crippen LogP contribution is 2.30. The molecule has 0 aliphatic heterocycles. The van der Waals surface area contributed by atoms with Gasteiger partial charge in [-0.25, -0.2) is 4.98 Å². The maximum absolute atomic E-state index is 12.7. The molecular formula is C18H21F3N4O. The van der Waals surface area contributed by atoms with Crippen molar-refractivity contribution in [2.45, 2.75) is 12.6 Å². The summed E-state index contributed by atoms with van der Waals surface area (Å²) in [4.78, 5) is 18.5. The molecule has 0 fully saturated rings. The van der Waals surface area contributed by atoms with Gasteiger partial charge in [-0.3, -0.25) is 4.79 Å². The number of pyridine rings is 1. The highest BCUT2D eigenvalue weighted by molar-refractivity contribution is 6.04. The Bertz CT molecular complexity index is 747. The van der Waals surface area contributed by atoms with E-state index in [2.05, 4.69) is 20.5 Å². The standard InChI is InChI=1S/C18H21F3N4O/c1-25(2)10-4-8-22-16-11-13(7-9-23-16)17(26)24-15-6-3-5-14(12-15)18(19,20)21/h3,5-7,9,11-12H,4,8,10H2,1-2H3,(H,22,23)(H,24,26). The van der Waals surface area contributed by atoms with E-state index in [1.807, 2.05) is 14.1 Å². The summed E-state index contributed by atoms with van der Waals surface area (Å²) >= 11 is 0. The Labute approximate surface area is 150 Å². The number of amides is 1. The Balaban J connectivity index is 2.00. The molecule has 0 bridgehead atoms. The zero-order valence-corrected chi connectivity index (χ0v) is 14.6. The lowest BCUT2D eigenvalue weighted by molar-refractivity contribution is -0.137. The molecule has 0 saturated heterocycles. The van der Waals surface area contributed by atoms with Crippen LogP contribution in [0.1, 0.15) is 22.3 Å². The number of aromatic nitrogens is 1. The molecule has 1 amide bonds. The molecule has 2 aromatic rings. The number of nitrogens with zero attached hydrogens (tertiary/aromatic N) is 2. The van der Waals surface area contributed by atoms with Crippen molar-refractivity contribution in [2.75, 3.05) is 37.8 Å². The van der Waals surface area contributed by atoms with Crippen LogP contribution in [0.3, 0.4) is 0 Å². The van der Waals surface area contributed by atoms with Crippen molar-refractivity contribution in [3.05, 3.63) is 53.7 Å². The molecule has 2 N–H and O–H groups in total. The molecule has 2 rings (SSSR count). The number of benzene rings is 1. The molecule has 0 radical (unpaired) electrons. The number of carbonyl (C=O) groups excluding carboxylic acids is 1. The van der Waals surface area contributed by atoms with E-state index in [1.165, 1.54) is 24.4 Å². The average Bonchev–Trinajstić information content (AvgIpc) is 2.58. The SMILES string of the molecule is CN(C)CCCNc1cc(C(=O)Nc2cccc(C(F)(F)F)c2)ccn1. The van der Waals surface area contributed by atoms with Gasteiger partial charge in [0.1, 0.15) is 5.82 Å². The maximum Gasteiger partial charge on any atom is 0.416 e. The number of carbonyl (C=O) groups is 1. The van der Waals surface area contributed by atoms with Crippen molar-refractivity contribution in [3.63, 3.8) is 0 Å². The maximum atomic E-state index is 12.7. The Morgan fingerprint density at radius 1 is 1.19 bits per heavy atom. The van der Waals surface area contributed by atoms with Crippen molar-refractivity contribution in [1.29, 1.82) is 0 Å². The first-order chi connectivity index (χ1) is 12.3. The third-order valence-electron chi connectivity index (χ3n) is 3.56. The summed E-state index contributed by atoms with van der Waals surface area (Å²) in [7, 11) is 3.97. The second-order valence-corrected chi connectivity index (χ2v) is 6.05. The fourth-order valence-electron chi connectivity index (χ4n) is 2.26. The normalized spacial score (nSPS) is 11.5. The lowest BCUT2D eigenvalue weighted by Gasteiger charge is -2.11. The van der Waals surface area contributed by atoms with E-state index in [-0.39, 0.29) is 5.69 Å². The van der Waals surface area contributed by atoms with Gasteiger partial charge < -0.3 is 15.5 Å². The predicted octanol–water partition coefficient (Wildman–Crippen LogP) is 3.72. The Kier molecular flexibility index (Phi) is 6.57. The van der Waals surface area contributed by atoms with E-state index < -0.39 is 17.6 Å². The van der Waals surface area contributed by atoms with E-state index in [0.29, 0.717) is 17.9 Å². The molecule has 1 aromatic heterocycles. The fourth-order valence-corrected chi connectivity index (χ4v) is 2.26. The van der Waals surface area contributed by atoms with Gasteiger partial charge in [-0.05, 0) is 57.4 Å². The first kappa shape index (κ1) is 19.7. The summed E-state index contributed by atoms with van der Waals surface area (Å²) in [5, 5.41) is 5.60. The molecule has 0 aliphatic rings. The molecule has 0 aliphatic carbocycles. The largest absolute Gasteiger partial charge is 0.416 e. The van der Waals surface area contributed by atoms with Crippen molar-refractivity contribution in [1.82, 2.24) is 9.88 Å². The molecule has 26 heavy (non-hydrogen) atoms. The minimum atomic E-state index is -4.46. The molecule has 0 saturated carbocycles. The highest BCUT2D eigenvalue weighted by atomic mass is 19.4. The highest BCUT2D eigenvalue weighted by Gasteiger charge is 2.30. The summed E-state index contributed by atoms with van der Waals surface area (Å²) in [5.74, 6) is 0.0449. The van der Waals surface area contributed by atoms with Crippen LogP contribution < -0.4 is 10.6 Å². The van der Waals surface area contributed by atoms with Crippen LogP contribution >= 0.6 is 0 Å². The van der Waals surface area contributed by atoms with Gasteiger partial charge in [0.25, 0.3) is 5.91 Å². The minimum absolute atomic E-state index is 0.0853. The van der Waals surface area contributed by atoms with E-state index >= 15 is 0 Å². The van der Waals surface area contributed by atoms with Crippen molar-refractivity contribution in [2.24, 2.45) is 0 Å². The number of nitrogens with one attached hydrogen (secondary N) is 2. The Morgan fingerprint density at radius 2 is 1.96 bits per heavy atom. The first-order valence-electron chi connectivity index (χ1n) is 8.09. The van der Waals surface area contributed by atoms with Crippen LogP contribution in [0.4, 0.5) is 24.7 Å². The van der Waals surface area contributed by atoms with Crippen LogP contribution in [0.25, 0.3) is 0 Å². The summed E-state index contributed by atoms with van der Waals surface area (Å²) in [6, 6.07) is 7.60. The molecule has 5 nitrogen and oxygen atoms in total. The fraction of sp³-hybridized carbons (Fsp3) is 0.333. The van der Waals surface area contributed by atoms with Crippen LogP contribution in [0.2, 0.25) is 0 Å². The average molecular weight is 366 g/mol. The molecule has 0 spiro atoms. The lowest BCUT2D eigenvalue weighted by atomic mass is 10.2. The molecule has 0 unspecified atom stereocenters. The summed E-state index contributed by atoms with van der Waals surface area (Å²) < 4.78 is 38.2. The van der Waals surface area contributed by atoms with E-state index in [1.54, 1.807) is 6.07 Å². The number of hydrogen-bond donors (Lipinski definition) is 2. The summed E-state index contributed by atoms with van der Waals surface area (Å²) in [6.45, 7) is 1.62. The van der Waals surface area contributed by atoms with Gasteiger partial charge in [0.15, 0.2) is 0 Å². The second kappa shape index (κ2) is 8.66. The predicted molar refractivity (Wildman–Crippen MR) is 95.3 cm³/mol. The van der Waals surface area contributed by atoms with Gasteiger partial charge in [0, 0.05) is 24.0 Å². The van der Waals surface area contributed by atoms with Gasteiger partial charge in [-0.2, -0.15) is 13.2 Å². The molecule has 8 heteroatoms. The van der Waals surface area contributed by atoms with Gasteiger partial charge >= 0.3 is 6.18 Å². The van der Waals surface area contributed by atoms with Crippen LogP contribution in [-0.2, 0) is 6.18 Å². The van der Waals surface area contributed by atoms with Gasteiger partial charge in [-0.15, -0.1) is 0 Å². The second-order valence-electron chi connectivity index (χ2n) is 6.05. The lowest BCUT2D eigenvalue weighted by Crippen LogP contribution is -2.17. The van der Waals surface area contributed by atoms with E-state index in [9.17, 15) is 18.0 Å². The zero-order chi connectivity index (χ0) is 19.2. The van der Waals surface area contributed by atoms with Crippen molar-refractivity contribution < 1.29 is 18.0 Å². The van der Waals surface area contributed by atoms with Gasteiger partial charge in [-0.1, -0.05) is 6.07 Å². The van der Waals surface area contributed by atoms with Crippen LogP contribution in [0.15, 0.2) is 42.6 Å². The van der Waals surface area contributed by atoms with Crippen LogP contribution in [0.5, 0.6) is 0 Å². The van der Waals surface area contributed by atoms with E-state index in [4.69, 9.17) is 0 Å². The van der Waals surface area contributed by atoms with Crippen LogP contribution in [-0.4, -0.2) is 43.0 Å². The monoisotopic (exact) mass is 366 g/mol. The number of hydrogen-bond acceptors (Lipinski definition) is 4. The Morgan fingerprint density at radius 3 is 2.65 bits per heavy atom. The van der Waals surface area contributed by atoms with Crippen LogP contribution in [0, 0.1) is 0 Å². The van der Waals surface area contributed by atoms with Crippen molar-refractivity contribution >= 4 is 17.4 Å². The van der Waals surface area contributed by atoms with Crippen molar-refractivity contribution in [3.8, 4) is 0 Å². The summed E-state index contributed by atoms with van der Waals surface area (Å²) in [6.07, 6.45) is -2.06. The minimum Gasteiger partial charge on any atom is -0.370 e. The smallest absolute Gasteiger partial charge is 0.370 e. The first-order valence-corrected chi connectivity index (χ1v) is 8.09. The quantitative estimate of drug-likeness (QED) is 0.734. The molecule has 1 heterocycles. The third-order valence-corrected chi connectivity index (χ3v) is 3.56.